The number of nitrogens with one attached hydrogen (secondary N) is 1. The molecule has 1 saturated heterocycles. The molecule has 2 aliphatic rings. The van der Waals surface area contributed by atoms with E-state index in [1.54, 1.807) is 6.07 Å². The average molecular weight is 707 g/mol. The average Bonchev–Trinajstić information content (AvgIpc) is 3.47. The summed E-state index contributed by atoms with van der Waals surface area (Å²) >= 11 is 0. The molecule has 0 spiro atoms. The Morgan fingerprint density at radius 1 is 0.755 bits per heavy atom. The second-order valence-corrected chi connectivity index (χ2v) is 13.8. The standard InChI is InChI=1S/C44H38N2O7/c1-26-39(24-46(2)23-38-34-12-5-3-8-29(34)20-30-9-4-6-13-35(30)38)51-44(52-40(26)28-16-14-27(25-47)15-17-28)32-10-7-11-33(21-32)45-41(48)31-18-19-36-37(22-31)43(50)53-42(36)49/h3-22,26,39-40,44,47H,23-25H2,1-2H3,(H,45,48). The van der Waals surface area contributed by atoms with E-state index in [0.29, 0.717) is 18.8 Å². The quantitative estimate of drug-likeness (QED) is 0.0885. The molecule has 6 aromatic carbocycles. The third kappa shape index (κ3) is 6.83. The lowest BCUT2D eigenvalue weighted by Gasteiger charge is -2.42. The Morgan fingerprint density at radius 3 is 2.17 bits per heavy atom. The van der Waals surface area contributed by atoms with Crippen LogP contribution in [-0.2, 0) is 27.4 Å². The molecular formula is C44H38N2O7. The largest absolute Gasteiger partial charge is 0.392 e. The number of esters is 2. The Bertz CT molecular complexity index is 2320. The number of ether oxygens (including phenoxy) is 3. The predicted molar refractivity (Wildman–Crippen MR) is 201 cm³/mol. The number of rotatable bonds is 9. The highest BCUT2D eigenvalue weighted by atomic mass is 16.7. The Kier molecular flexibility index (Phi) is 9.32. The van der Waals surface area contributed by atoms with Gasteiger partial charge in [0.2, 0.25) is 0 Å². The van der Waals surface area contributed by atoms with Crippen molar-refractivity contribution in [3.8, 4) is 0 Å². The number of likely N-dealkylation sites (N-methyl/N-ethyl adjacent to an activating group) is 1. The van der Waals surface area contributed by atoms with Crippen LogP contribution < -0.4 is 5.32 Å². The highest BCUT2D eigenvalue weighted by Gasteiger charge is 2.39. The fraction of sp³-hybridized carbons (Fsp3) is 0.205. The van der Waals surface area contributed by atoms with Crippen LogP contribution in [0, 0.1) is 5.92 Å². The number of nitrogens with zero attached hydrogens (tertiary/aromatic N) is 1. The summed E-state index contributed by atoms with van der Waals surface area (Å²) in [7, 11) is 2.12. The van der Waals surface area contributed by atoms with Crippen LogP contribution in [0.15, 0.2) is 121 Å². The molecule has 0 radical (unpaired) electrons. The third-order valence-electron chi connectivity index (χ3n) is 10.2. The molecule has 266 valence electrons. The number of carbonyl (C=O) groups is 3. The molecule has 9 nitrogen and oxygen atoms in total. The molecule has 0 aromatic heterocycles. The van der Waals surface area contributed by atoms with Crippen LogP contribution in [0.4, 0.5) is 5.69 Å². The summed E-state index contributed by atoms with van der Waals surface area (Å²) in [6.45, 7) is 3.44. The van der Waals surface area contributed by atoms with E-state index < -0.39 is 24.1 Å². The van der Waals surface area contributed by atoms with Crippen LogP contribution in [0.1, 0.15) is 72.6 Å². The van der Waals surface area contributed by atoms with E-state index in [1.807, 2.05) is 42.5 Å². The predicted octanol–water partition coefficient (Wildman–Crippen LogP) is 7.97. The maximum Gasteiger partial charge on any atom is 0.346 e. The zero-order valence-corrected chi connectivity index (χ0v) is 29.3. The molecule has 8 rings (SSSR count). The Labute approximate surface area is 306 Å². The summed E-state index contributed by atoms with van der Waals surface area (Å²) in [5, 5.41) is 17.4. The van der Waals surface area contributed by atoms with E-state index in [4.69, 9.17) is 9.47 Å². The van der Waals surface area contributed by atoms with Gasteiger partial charge in [-0.25, -0.2) is 9.59 Å². The molecule has 6 aromatic rings. The monoisotopic (exact) mass is 706 g/mol. The smallest absolute Gasteiger partial charge is 0.346 e. The number of benzene rings is 6. The van der Waals surface area contributed by atoms with Crippen molar-refractivity contribution in [3.63, 3.8) is 0 Å². The van der Waals surface area contributed by atoms with E-state index in [0.717, 1.165) is 16.7 Å². The van der Waals surface area contributed by atoms with Crippen molar-refractivity contribution in [1.82, 2.24) is 4.90 Å². The van der Waals surface area contributed by atoms with Crippen LogP contribution >= 0.6 is 0 Å². The van der Waals surface area contributed by atoms with Crippen molar-refractivity contribution in [2.24, 2.45) is 5.92 Å². The van der Waals surface area contributed by atoms with E-state index in [2.05, 4.69) is 83.5 Å². The van der Waals surface area contributed by atoms with Gasteiger partial charge in [0, 0.05) is 35.8 Å². The van der Waals surface area contributed by atoms with E-state index >= 15 is 0 Å². The van der Waals surface area contributed by atoms with Crippen molar-refractivity contribution in [2.45, 2.75) is 38.6 Å². The number of carbonyl (C=O) groups excluding carboxylic acids is 3. The van der Waals surface area contributed by atoms with Gasteiger partial charge < -0.3 is 24.6 Å². The molecule has 0 bridgehead atoms. The second-order valence-electron chi connectivity index (χ2n) is 13.8. The number of hydrogen-bond donors (Lipinski definition) is 2. The molecule has 4 atom stereocenters. The van der Waals surface area contributed by atoms with Crippen molar-refractivity contribution >= 4 is 45.1 Å². The Hall–Kier alpha value is -5.71. The Balaban J connectivity index is 1.06. The van der Waals surface area contributed by atoms with E-state index in [-0.39, 0.29) is 41.4 Å². The van der Waals surface area contributed by atoms with Crippen LogP contribution in [0.25, 0.3) is 21.5 Å². The van der Waals surface area contributed by atoms with Gasteiger partial charge in [-0.1, -0.05) is 91.9 Å². The molecule has 0 saturated carbocycles. The summed E-state index contributed by atoms with van der Waals surface area (Å²) in [4.78, 5) is 39.5. The molecule has 2 heterocycles. The number of cyclic esters (lactones) is 2. The minimum Gasteiger partial charge on any atom is -0.392 e. The van der Waals surface area contributed by atoms with Gasteiger partial charge in [-0.2, -0.15) is 0 Å². The maximum absolute atomic E-state index is 13.3. The molecule has 1 amide bonds. The van der Waals surface area contributed by atoms with Gasteiger partial charge in [-0.3, -0.25) is 9.69 Å². The molecule has 4 unspecified atom stereocenters. The SMILES string of the molecule is CC1C(CN(C)Cc2c3ccccc3cc3ccccc23)OC(c2cccc(NC(=O)c3ccc4c(c3)C(=O)OC4=O)c2)OC1c1ccc(CO)cc1. The van der Waals surface area contributed by atoms with Crippen LogP contribution in [0.2, 0.25) is 0 Å². The van der Waals surface area contributed by atoms with E-state index in [1.165, 1.54) is 45.3 Å². The molecule has 0 aliphatic carbocycles. The van der Waals surface area contributed by atoms with Crippen LogP contribution in [-0.4, -0.2) is 47.5 Å². The van der Waals surface area contributed by atoms with E-state index in [9.17, 15) is 19.5 Å². The Morgan fingerprint density at radius 2 is 1.45 bits per heavy atom. The number of hydrogen-bond acceptors (Lipinski definition) is 8. The first-order valence-corrected chi connectivity index (χ1v) is 17.7. The summed E-state index contributed by atoms with van der Waals surface area (Å²) in [6.07, 6.45) is -1.29. The van der Waals surface area contributed by atoms with Gasteiger partial charge in [0.15, 0.2) is 6.29 Å². The van der Waals surface area contributed by atoms with Gasteiger partial charge in [-0.05, 0) is 81.7 Å². The molecule has 2 aliphatic heterocycles. The highest BCUT2D eigenvalue weighted by Crippen LogP contribution is 2.42. The third-order valence-corrected chi connectivity index (χ3v) is 10.2. The van der Waals surface area contributed by atoms with Gasteiger partial charge >= 0.3 is 11.9 Å². The molecule has 9 heteroatoms. The maximum atomic E-state index is 13.3. The topological polar surface area (TPSA) is 114 Å². The lowest BCUT2D eigenvalue weighted by atomic mass is 9.89. The molecule has 2 N–H and O–H groups in total. The lowest BCUT2D eigenvalue weighted by molar-refractivity contribution is -0.276. The van der Waals surface area contributed by atoms with Crippen LogP contribution in [0.5, 0.6) is 0 Å². The fourth-order valence-corrected chi connectivity index (χ4v) is 7.44. The van der Waals surface area contributed by atoms with Crippen molar-refractivity contribution in [1.29, 1.82) is 0 Å². The normalized spacial score (nSPS) is 19.8. The van der Waals surface area contributed by atoms with Crippen molar-refractivity contribution < 1.29 is 33.7 Å². The number of amides is 1. The van der Waals surface area contributed by atoms with Gasteiger partial charge in [-0.15, -0.1) is 0 Å². The first-order chi connectivity index (χ1) is 25.7. The number of fused-ring (bicyclic) bond motifs is 3. The zero-order valence-electron chi connectivity index (χ0n) is 29.3. The van der Waals surface area contributed by atoms with Gasteiger partial charge in [0.1, 0.15) is 0 Å². The van der Waals surface area contributed by atoms with Gasteiger partial charge in [0.25, 0.3) is 5.91 Å². The summed E-state index contributed by atoms with van der Waals surface area (Å²) in [6, 6.07) is 38.7. The first-order valence-electron chi connectivity index (χ1n) is 17.7. The van der Waals surface area contributed by atoms with Crippen molar-refractivity contribution in [2.75, 3.05) is 18.9 Å². The fourth-order valence-electron chi connectivity index (χ4n) is 7.44. The highest BCUT2D eigenvalue weighted by molar-refractivity contribution is 6.16. The summed E-state index contributed by atoms with van der Waals surface area (Å²) in [5.41, 5.74) is 4.73. The molecular weight excluding hydrogens is 668 g/mol. The van der Waals surface area contributed by atoms with Crippen molar-refractivity contribution in [3.05, 3.63) is 160 Å². The number of aliphatic hydroxyl groups excluding tert-OH is 1. The zero-order chi connectivity index (χ0) is 36.6. The van der Waals surface area contributed by atoms with Gasteiger partial charge in [0.05, 0.1) is 29.9 Å². The number of anilines is 1. The second kappa shape index (κ2) is 14.4. The lowest BCUT2D eigenvalue weighted by Crippen LogP contribution is -2.43. The summed E-state index contributed by atoms with van der Waals surface area (Å²) < 4.78 is 18.2. The minimum absolute atomic E-state index is 0.0285. The molecule has 53 heavy (non-hydrogen) atoms. The number of aliphatic hydroxyl groups is 1. The first kappa shape index (κ1) is 34.4. The summed E-state index contributed by atoms with van der Waals surface area (Å²) in [5.74, 6) is -1.97. The minimum atomic E-state index is -0.770. The molecule has 1 fully saturated rings. The van der Waals surface area contributed by atoms with Crippen LogP contribution in [0.3, 0.4) is 0 Å².